The molecule has 0 aliphatic carbocycles. The van der Waals surface area contributed by atoms with Crippen LogP contribution in [0.25, 0.3) is 0 Å². The lowest BCUT2D eigenvalue weighted by Crippen LogP contribution is -2.37. The molecule has 0 N–H and O–H groups in total. The summed E-state index contributed by atoms with van der Waals surface area (Å²) in [6.07, 6.45) is 2.41. The largest absolute Gasteiger partial charge is 0.244 e. The molecule has 0 bridgehead atoms. The molecule has 0 spiro atoms. The molecular weight excluding hydrogens is 308 g/mol. The summed E-state index contributed by atoms with van der Waals surface area (Å²) in [6.45, 7) is 0.513. The fourth-order valence-electron chi connectivity index (χ4n) is 3.13. The van der Waals surface area contributed by atoms with Crippen LogP contribution in [0.4, 0.5) is 0 Å². The Bertz CT molecular complexity index is 826. The highest BCUT2D eigenvalue weighted by molar-refractivity contribution is 7.89. The highest BCUT2D eigenvalue weighted by Gasteiger charge is 2.36. The van der Waals surface area contributed by atoms with Crippen molar-refractivity contribution in [3.63, 3.8) is 0 Å². The lowest BCUT2D eigenvalue weighted by atomic mass is 10.1. The number of sulfonamides is 1. The van der Waals surface area contributed by atoms with Crippen molar-refractivity contribution in [1.29, 1.82) is 5.26 Å². The standard InChI is InChI=1S/C18H18N2O2S/c19-14-16-9-4-5-11-18(16)23(21,22)20-12-6-10-17(20)13-15-7-2-1-3-8-15/h1-5,7-9,11,17H,6,10,12-13H2/t17-/m0/s1. The monoisotopic (exact) mass is 326 g/mol. The lowest BCUT2D eigenvalue weighted by molar-refractivity contribution is 0.385. The van der Waals surface area contributed by atoms with Gasteiger partial charge in [0.05, 0.1) is 10.5 Å². The molecule has 1 fully saturated rings. The van der Waals surface area contributed by atoms with Gasteiger partial charge < -0.3 is 0 Å². The number of nitrogens with zero attached hydrogens (tertiary/aromatic N) is 2. The zero-order valence-electron chi connectivity index (χ0n) is 12.7. The fraction of sp³-hybridized carbons (Fsp3) is 0.278. The van der Waals surface area contributed by atoms with Crippen LogP contribution in [0.1, 0.15) is 24.0 Å². The summed E-state index contributed by atoms with van der Waals surface area (Å²) in [5.41, 5.74) is 1.34. The number of hydrogen-bond donors (Lipinski definition) is 0. The maximum absolute atomic E-state index is 13.0. The Labute approximate surface area is 137 Å². The summed E-state index contributed by atoms with van der Waals surface area (Å²) in [5.74, 6) is 0. The summed E-state index contributed by atoms with van der Waals surface area (Å²) < 4.78 is 27.5. The van der Waals surface area contributed by atoms with E-state index < -0.39 is 10.0 Å². The number of hydrogen-bond acceptors (Lipinski definition) is 3. The summed E-state index contributed by atoms with van der Waals surface area (Å²) >= 11 is 0. The van der Waals surface area contributed by atoms with Gasteiger partial charge in [0.1, 0.15) is 6.07 Å². The van der Waals surface area contributed by atoms with Crippen LogP contribution in [-0.4, -0.2) is 25.3 Å². The Morgan fingerprint density at radius 3 is 2.52 bits per heavy atom. The first-order chi connectivity index (χ1) is 11.1. The van der Waals surface area contributed by atoms with Gasteiger partial charge in [0, 0.05) is 12.6 Å². The van der Waals surface area contributed by atoms with Gasteiger partial charge in [-0.15, -0.1) is 0 Å². The Balaban J connectivity index is 1.91. The van der Waals surface area contributed by atoms with Gasteiger partial charge in [-0.3, -0.25) is 0 Å². The van der Waals surface area contributed by atoms with Crippen molar-refractivity contribution >= 4 is 10.0 Å². The van der Waals surface area contributed by atoms with Crippen molar-refractivity contribution < 1.29 is 8.42 Å². The van der Waals surface area contributed by atoms with Crippen LogP contribution in [0, 0.1) is 11.3 Å². The van der Waals surface area contributed by atoms with Gasteiger partial charge >= 0.3 is 0 Å². The van der Waals surface area contributed by atoms with E-state index >= 15 is 0 Å². The predicted molar refractivity (Wildman–Crippen MR) is 88.2 cm³/mol. The molecule has 23 heavy (non-hydrogen) atoms. The highest BCUT2D eigenvalue weighted by atomic mass is 32.2. The first-order valence-electron chi connectivity index (χ1n) is 7.68. The van der Waals surface area contributed by atoms with E-state index in [9.17, 15) is 13.7 Å². The molecule has 2 aromatic carbocycles. The number of nitriles is 1. The van der Waals surface area contributed by atoms with Crippen molar-refractivity contribution in [3.05, 3.63) is 65.7 Å². The SMILES string of the molecule is N#Cc1ccccc1S(=O)(=O)N1CCC[C@H]1Cc1ccccc1. The molecule has 0 saturated carbocycles. The molecule has 2 aromatic rings. The van der Waals surface area contributed by atoms with Crippen LogP contribution in [0.3, 0.4) is 0 Å². The summed E-state index contributed by atoms with van der Waals surface area (Å²) in [7, 11) is -3.64. The highest BCUT2D eigenvalue weighted by Crippen LogP contribution is 2.29. The van der Waals surface area contributed by atoms with E-state index in [2.05, 4.69) is 0 Å². The average molecular weight is 326 g/mol. The van der Waals surface area contributed by atoms with E-state index in [-0.39, 0.29) is 16.5 Å². The minimum Gasteiger partial charge on any atom is -0.207 e. The number of rotatable bonds is 4. The van der Waals surface area contributed by atoms with Gasteiger partial charge in [-0.25, -0.2) is 8.42 Å². The summed E-state index contributed by atoms with van der Waals surface area (Å²) in [4.78, 5) is 0.113. The van der Waals surface area contributed by atoms with Crippen LogP contribution in [-0.2, 0) is 16.4 Å². The smallest absolute Gasteiger partial charge is 0.207 e. The van der Waals surface area contributed by atoms with Crippen molar-refractivity contribution in [2.75, 3.05) is 6.54 Å². The van der Waals surface area contributed by atoms with Gasteiger partial charge in [-0.05, 0) is 37.0 Å². The minimum absolute atomic E-state index is 0.0471. The first kappa shape index (κ1) is 15.7. The van der Waals surface area contributed by atoms with Crippen molar-refractivity contribution in [3.8, 4) is 6.07 Å². The topological polar surface area (TPSA) is 61.2 Å². The van der Waals surface area contributed by atoms with Gasteiger partial charge in [0.25, 0.3) is 0 Å². The van der Waals surface area contributed by atoms with Gasteiger partial charge in [-0.1, -0.05) is 42.5 Å². The zero-order valence-corrected chi connectivity index (χ0v) is 13.5. The van der Waals surface area contributed by atoms with E-state index in [1.54, 1.807) is 22.5 Å². The molecule has 1 saturated heterocycles. The van der Waals surface area contributed by atoms with Crippen molar-refractivity contribution in [2.45, 2.75) is 30.2 Å². The first-order valence-corrected chi connectivity index (χ1v) is 9.12. The lowest BCUT2D eigenvalue weighted by Gasteiger charge is -2.24. The van der Waals surface area contributed by atoms with E-state index in [1.165, 1.54) is 6.07 Å². The second-order valence-electron chi connectivity index (χ2n) is 5.71. The quantitative estimate of drug-likeness (QED) is 0.868. The van der Waals surface area contributed by atoms with Gasteiger partial charge in [-0.2, -0.15) is 9.57 Å². The Morgan fingerprint density at radius 2 is 1.78 bits per heavy atom. The molecular formula is C18H18N2O2S. The summed E-state index contributed by atoms with van der Waals surface area (Å²) in [5, 5.41) is 9.19. The minimum atomic E-state index is -3.64. The normalized spacial score (nSPS) is 18.7. The van der Waals surface area contributed by atoms with E-state index in [1.807, 2.05) is 36.4 Å². The van der Waals surface area contributed by atoms with E-state index in [4.69, 9.17) is 0 Å². The number of benzene rings is 2. The molecule has 1 aliphatic heterocycles. The van der Waals surface area contributed by atoms with Crippen molar-refractivity contribution in [2.24, 2.45) is 0 Å². The molecule has 0 radical (unpaired) electrons. The third kappa shape index (κ3) is 3.14. The molecule has 1 atom stereocenters. The second kappa shape index (κ2) is 6.53. The third-order valence-electron chi connectivity index (χ3n) is 4.23. The average Bonchev–Trinajstić information content (AvgIpc) is 3.04. The van der Waals surface area contributed by atoms with Crippen LogP contribution >= 0.6 is 0 Å². The van der Waals surface area contributed by atoms with Gasteiger partial charge in [0.15, 0.2) is 0 Å². The Morgan fingerprint density at radius 1 is 1.09 bits per heavy atom. The van der Waals surface area contributed by atoms with E-state index in [0.717, 1.165) is 18.4 Å². The Kier molecular flexibility index (Phi) is 4.46. The molecule has 3 rings (SSSR count). The molecule has 0 unspecified atom stereocenters. The van der Waals surface area contributed by atoms with Crippen LogP contribution in [0.15, 0.2) is 59.5 Å². The molecule has 5 heteroatoms. The van der Waals surface area contributed by atoms with Crippen molar-refractivity contribution in [1.82, 2.24) is 4.31 Å². The Hall–Kier alpha value is -2.16. The molecule has 0 amide bonds. The molecule has 1 heterocycles. The zero-order chi connectivity index (χ0) is 16.3. The maximum atomic E-state index is 13.0. The second-order valence-corrected chi connectivity index (χ2v) is 7.57. The van der Waals surface area contributed by atoms with Crippen LogP contribution in [0.5, 0.6) is 0 Å². The molecule has 1 aliphatic rings. The molecule has 118 valence electrons. The third-order valence-corrected chi connectivity index (χ3v) is 6.24. The summed E-state index contributed by atoms with van der Waals surface area (Å²) in [6, 6.07) is 18.3. The van der Waals surface area contributed by atoms with Crippen LogP contribution < -0.4 is 0 Å². The predicted octanol–water partition coefficient (Wildman–Crippen LogP) is 2.95. The maximum Gasteiger partial charge on any atom is 0.244 e. The van der Waals surface area contributed by atoms with Crippen LogP contribution in [0.2, 0.25) is 0 Å². The molecule has 0 aromatic heterocycles. The fourth-order valence-corrected chi connectivity index (χ4v) is 4.96. The van der Waals surface area contributed by atoms with Gasteiger partial charge in [0.2, 0.25) is 10.0 Å². The molecule has 4 nitrogen and oxygen atoms in total. The van der Waals surface area contributed by atoms with E-state index in [0.29, 0.717) is 13.0 Å².